The Kier molecular flexibility index (Phi) is 3.00. The van der Waals surface area contributed by atoms with Crippen LogP contribution >= 0.6 is 0 Å². The van der Waals surface area contributed by atoms with E-state index in [2.05, 4.69) is 33.4 Å². The van der Waals surface area contributed by atoms with Crippen molar-refractivity contribution in [1.29, 1.82) is 0 Å². The number of H-pyrrole nitrogens is 1. The Balaban J connectivity index is 1.53. The van der Waals surface area contributed by atoms with Gasteiger partial charge < -0.3 is 0 Å². The first-order valence-electron chi connectivity index (χ1n) is 8.51. The highest BCUT2D eigenvalue weighted by molar-refractivity contribution is 5.57. The predicted molar refractivity (Wildman–Crippen MR) is 91.1 cm³/mol. The first-order chi connectivity index (χ1) is 12.2. The fraction of sp³-hybridized carbons (Fsp3) is 0.353. The number of hydrogen-bond acceptors (Lipinski definition) is 5. The summed E-state index contributed by atoms with van der Waals surface area (Å²) in [6.45, 7) is 4.80. The van der Waals surface area contributed by atoms with Gasteiger partial charge in [-0.1, -0.05) is 0 Å². The normalized spacial score (nSPS) is 19.6. The van der Waals surface area contributed by atoms with Crippen LogP contribution in [0, 0.1) is 6.92 Å². The van der Waals surface area contributed by atoms with E-state index in [9.17, 15) is 0 Å². The number of rotatable bonds is 4. The molecule has 0 saturated heterocycles. The lowest BCUT2D eigenvalue weighted by Crippen LogP contribution is -2.03. The lowest BCUT2D eigenvalue weighted by atomic mass is 10.2. The second kappa shape index (κ2) is 5.23. The maximum atomic E-state index is 4.82. The van der Waals surface area contributed by atoms with Crippen LogP contribution in [0.2, 0.25) is 0 Å². The average molecular weight is 334 g/mol. The number of nitrogens with zero attached hydrogens (tertiary/aromatic N) is 7. The third-order valence-corrected chi connectivity index (χ3v) is 4.87. The second-order valence-electron chi connectivity index (χ2n) is 6.47. The van der Waals surface area contributed by atoms with E-state index in [1.165, 1.54) is 5.69 Å². The fourth-order valence-corrected chi connectivity index (χ4v) is 3.44. The summed E-state index contributed by atoms with van der Waals surface area (Å²) in [6, 6.07) is 8.14. The summed E-state index contributed by atoms with van der Waals surface area (Å²) >= 11 is 0. The zero-order chi connectivity index (χ0) is 17.0. The molecule has 8 nitrogen and oxygen atoms in total. The summed E-state index contributed by atoms with van der Waals surface area (Å²) in [5.41, 5.74) is 4.99. The van der Waals surface area contributed by atoms with Gasteiger partial charge in [-0.3, -0.25) is 9.78 Å². The largest absolute Gasteiger partial charge is 0.282 e. The van der Waals surface area contributed by atoms with Crippen LogP contribution < -0.4 is 0 Å². The molecule has 126 valence electrons. The maximum absolute atomic E-state index is 4.82. The predicted octanol–water partition coefficient (Wildman–Crippen LogP) is 2.31. The summed E-state index contributed by atoms with van der Waals surface area (Å²) in [5, 5.41) is 24.8. The monoisotopic (exact) mass is 334 g/mol. The zero-order valence-corrected chi connectivity index (χ0v) is 14.1. The minimum Gasteiger partial charge on any atom is -0.282 e. The van der Waals surface area contributed by atoms with Crippen molar-refractivity contribution in [3.8, 4) is 11.4 Å². The molecule has 4 heterocycles. The maximum Gasteiger partial charge on any atom is 0.177 e. The Morgan fingerprint density at radius 3 is 2.88 bits per heavy atom. The average Bonchev–Trinajstić information content (AvgIpc) is 3.03. The molecule has 5 rings (SSSR count). The van der Waals surface area contributed by atoms with Crippen LogP contribution in [0.3, 0.4) is 0 Å². The van der Waals surface area contributed by atoms with Crippen LogP contribution in [-0.4, -0.2) is 39.8 Å². The van der Waals surface area contributed by atoms with Crippen molar-refractivity contribution in [3.05, 3.63) is 47.7 Å². The Bertz CT molecular complexity index is 1040. The topological polar surface area (TPSA) is 89.6 Å². The van der Waals surface area contributed by atoms with E-state index in [4.69, 9.17) is 10.2 Å². The highest BCUT2D eigenvalue weighted by Crippen LogP contribution is 2.53. The van der Waals surface area contributed by atoms with Crippen LogP contribution in [0.1, 0.15) is 42.4 Å². The first-order valence-corrected chi connectivity index (χ1v) is 8.51. The number of hydrogen-bond donors (Lipinski definition) is 1. The van der Waals surface area contributed by atoms with E-state index in [1.54, 1.807) is 10.7 Å². The Morgan fingerprint density at radius 2 is 2.08 bits per heavy atom. The molecule has 1 aliphatic rings. The standard InChI is InChI=1S/C17H18N8/c1-3-24-16(14-4-5-17-21-19-10(2)25(17)23-14)9-15(22-24)12-8-11(12)13-6-7-18-20-13/h4-7,9,11-12H,3,8H2,1-2H3,(H,18,20). The third-order valence-electron chi connectivity index (χ3n) is 4.87. The summed E-state index contributed by atoms with van der Waals surface area (Å²) in [5.74, 6) is 1.72. The van der Waals surface area contributed by atoms with Gasteiger partial charge in [0.25, 0.3) is 0 Å². The minimum atomic E-state index is 0.451. The van der Waals surface area contributed by atoms with Gasteiger partial charge in [0.1, 0.15) is 5.69 Å². The van der Waals surface area contributed by atoms with E-state index in [0.29, 0.717) is 11.8 Å². The van der Waals surface area contributed by atoms with E-state index in [-0.39, 0.29) is 0 Å². The Morgan fingerprint density at radius 1 is 1.16 bits per heavy atom. The molecular formula is C17H18N8. The lowest BCUT2D eigenvalue weighted by Gasteiger charge is -2.04. The summed E-state index contributed by atoms with van der Waals surface area (Å²) in [7, 11) is 0. The SMILES string of the molecule is CCn1nc(C2CC2c2ccn[nH]2)cc1-c1ccc2nnc(C)n2n1. The van der Waals surface area contributed by atoms with Crippen LogP contribution in [0.4, 0.5) is 0 Å². The van der Waals surface area contributed by atoms with Crippen LogP contribution in [0.25, 0.3) is 17.0 Å². The van der Waals surface area contributed by atoms with Gasteiger partial charge in [0.05, 0.1) is 11.4 Å². The molecule has 1 saturated carbocycles. The van der Waals surface area contributed by atoms with Crippen molar-refractivity contribution in [3.63, 3.8) is 0 Å². The van der Waals surface area contributed by atoms with Crippen molar-refractivity contribution in [2.45, 2.75) is 38.6 Å². The molecule has 25 heavy (non-hydrogen) atoms. The number of aromatic amines is 1. The molecular weight excluding hydrogens is 316 g/mol. The summed E-state index contributed by atoms with van der Waals surface area (Å²) in [4.78, 5) is 0. The highest BCUT2D eigenvalue weighted by atomic mass is 15.4. The van der Waals surface area contributed by atoms with Gasteiger partial charge >= 0.3 is 0 Å². The molecule has 0 amide bonds. The number of aromatic nitrogens is 8. The highest BCUT2D eigenvalue weighted by Gasteiger charge is 2.42. The van der Waals surface area contributed by atoms with Gasteiger partial charge in [0, 0.05) is 30.3 Å². The van der Waals surface area contributed by atoms with Gasteiger partial charge in [0.15, 0.2) is 11.5 Å². The number of nitrogens with one attached hydrogen (secondary N) is 1. The van der Waals surface area contributed by atoms with E-state index < -0.39 is 0 Å². The van der Waals surface area contributed by atoms with Crippen molar-refractivity contribution in [2.24, 2.45) is 0 Å². The van der Waals surface area contributed by atoms with Crippen LogP contribution in [-0.2, 0) is 6.54 Å². The summed E-state index contributed by atoms with van der Waals surface area (Å²) < 4.78 is 3.79. The minimum absolute atomic E-state index is 0.451. The van der Waals surface area contributed by atoms with Gasteiger partial charge in [0.2, 0.25) is 0 Å². The molecule has 1 N–H and O–H groups in total. The molecule has 0 aliphatic heterocycles. The molecule has 4 aromatic heterocycles. The second-order valence-corrected chi connectivity index (χ2v) is 6.47. The third kappa shape index (κ3) is 2.25. The quantitative estimate of drug-likeness (QED) is 0.618. The van der Waals surface area contributed by atoms with Gasteiger partial charge in [-0.25, -0.2) is 0 Å². The molecule has 8 heteroatoms. The van der Waals surface area contributed by atoms with E-state index >= 15 is 0 Å². The molecule has 1 aliphatic carbocycles. The van der Waals surface area contributed by atoms with Crippen molar-refractivity contribution in [2.75, 3.05) is 0 Å². The summed E-state index contributed by atoms with van der Waals surface area (Å²) in [6.07, 6.45) is 2.92. The molecule has 0 bridgehead atoms. The molecule has 2 unspecified atom stereocenters. The van der Waals surface area contributed by atoms with Gasteiger partial charge in [-0.05, 0) is 44.5 Å². The molecule has 2 atom stereocenters. The van der Waals surface area contributed by atoms with Crippen molar-refractivity contribution in [1.82, 2.24) is 39.8 Å². The number of fused-ring (bicyclic) bond motifs is 1. The van der Waals surface area contributed by atoms with Crippen molar-refractivity contribution >= 4 is 5.65 Å². The van der Waals surface area contributed by atoms with Gasteiger partial charge in [-0.2, -0.15) is 19.8 Å². The molecule has 0 spiro atoms. The Hall–Kier alpha value is -3.03. The van der Waals surface area contributed by atoms with Crippen LogP contribution in [0.5, 0.6) is 0 Å². The first kappa shape index (κ1) is 14.3. The molecule has 1 fully saturated rings. The fourth-order valence-electron chi connectivity index (χ4n) is 3.44. The van der Waals surface area contributed by atoms with Crippen LogP contribution in [0.15, 0.2) is 30.5 Å². The number of aryl methyl sites for hydroxylation is 2. The smallest absolute Gasteiger partial charge is 0.177 e. The molecule has 0 aromatic carbocycles. The molecule has 4 aromatic rings. The van der Waals surface area contributed by atoms with E-state index in [0.717, 1.165) is 41.5 Å². The Labute approximate surface area is 143 Å². The van der Waals surface area contributed by atoms with Crippen molar-refractivity contribution < 1.29 is 0 Å². The van der Waals surface area contributed by atoms with Gasteiger partial charge in [-0.15, -0.1) is 10.2 Å². The van der Waals surface area contributed by atoms with E-state index in [1.807, 2.05) is 29.8 Å². The zero-order valence-electron chi connectivity index (χ0n) is 14.1. The molecule has 0 radical (unpaired) electrons. The lowest BCUT2D eigenvalue weighted by molar-refractivity contribution is 0.649.